The number of halogens is 1. The Bertz CT molecular complexity index is 1660. The first-order chi connectivity index (χ1) is 19.9. The van der Waals surface area contributed by atoms with Crippen molar-refractivity contribution >= 4 is 72.5 Å². The molecular weight excluding hydrogens is 691 g/mol. The minimum absolute atomic E-state index is 0.00990. The number of likely N-dealkylation sites (N-methyl/N-ethyl adjacent to an activating group) is 1. The van der Waals surface area contributed by atoms with Gasteiger partial charge in [-0.1, -0.05) is 40.0 Å². The number of nitrogens with zero attached hydrogens (tertiary/aromatic N) is 4. The molecule has 3 heterocycles. The molecule has 3 aromatic rings. The number of aromatic nitrogens is 2. The third kappa shape index (κ3) is 5.91. The predicted molar refractivity (Wildman–Crippen MR) is 171 cm³/mol. The van der Waals surface area contributed by atoms with Crippen molar-refractivity contribution < 1.29 is 22.7 Å². The molecule has 2 amide bonds. The van der Waals surface area contributed by atoms with Gasteiger partial charge in [-0.2, -0.15) is 0 Å². The third-order valence-corrected chi connectivity index (χ3v) is 12.2. The predicted octanol–water partition coefficient (Wildman–Crippen LogP) is 4.48. The van der Waals surface area contributed by atoms with Crippen LogP contribution in [-0.4, -0.2) is 71.9 Å². The molecule has 1 aliphatic carbocycles. The Morgan fingerprint density at radius 3 is 2.69 bits per heavy atom. The van der Waals surface area contributed by atoms with E-state index in [1.807, 2.05) is 26.8 Å². The summed E-state index contributed by atoms with van der Waals surface area (Å²) in [5.74, 6) is 0.496. The van der Waals surface area contributed by atoms with Crippen molar-refractivity contribution in [1.82, 2.24) is 19.6 Å². The molecule has 14 heteroatoms. The fraction of sp³-hybridized carbons (Fsp3) is 0.429. The number of amides is 2. The number of ether oxygens (including phenoxy) is 1. The summed E-state index contributed by atoms with van der Waals surface area (Å²) in [6.07, 6.45) is 2.07. The van der Waals surface area contributed by atoms with Crippen LogP contribution in [0.5, 0.6) is 0 Å². The number of thiazole rings is 1. The van der Waals surface area contributed by atoms with Crippen LogP contribution in [0, 0.1) is 6.92 Å². The Kier molecular flexibility index (Phi) is 8.64. The molecule has 0 unspecified atom stereocenters. The molecule has 1 fully saturated rings. The van der Waals surface area contributed by atoms with Crippen molar-refractivity contribution in [2.45, 2.75) is 54.5 Å². The zero-order chi connectivity index (χ0) is 30.4. The molecule has 224 valence electrons. The number of benzene rings is 1. The topological polar surface area (TPSA) is 134 Å². The van der Waals surface area contributed by atoms with E-state index in [0.717, 1.165) is 17.7 Å². The van der Waals surface area contributed by atoms with Gasteiger partial charge in [-0.3, -0.25) is 14.5 Å². The van der Waals surface area contributed by atoms with Crippen molar-refractivity contribution in [3.05, 3.63) is 47.2 Å². The maximum Gasteiger partial charge on any atom is 0.256 e. The van der Waals surface area contributed by atoms with Crippen molar-refractivity contribution in [2.75, 3.05) is 37.5 Å². The lowest BCUT2D eigenvalue weighted by Gasteiger charge is -2.28. The van der Waals surface area contributed by atoms with Crippen LogP contribution >= 0.6 is 33.9 Å². The number of fused-ring (bicyclic) bond motifs is 1. The molecule has 42 heavy (non-hydrogen) atoms. The summed E-state index contributed by atoms with van der Waals surface area (Å²) in [7, 11) is -0.930. The van der Waals surface area contributed by atoms with Crippen molar-refractivity contribution in [3.8, 4) is 10.4 Å². The molecule has 1 saturated carbocycles. The molecule has 0 bridgehead atoms. The first-order valence-electron chi connectivity index (χ1n) is 13.5. The molecule has 0 spiro atoms. The lowest BCUT2D eigenvalue weighted by atomic mass is 10.0. The van der Waals surface area contributed by atoms with Crippen LogP contribution in [-0.2, 0) is 26.1 Å². The second kappa shape index (κ2) is 11.8. The monoisotopic (exact) mass is 724 g/mol. The second-order valence-electron chi connectivity index (χ2n) is 10.4. The normalized spacial score (nSPS) is 16.3. The van der Waals surface area contributed by atoms with E-state index in [1.54, 1.807) is 36.2 Å². The number of hydrogen-bond donors (Lipinski definition) is 2. The molecule has 2 N–H and O–H groups in total. The fourth-order valence-electron chi connectivity index (χ4n) is 4.94. The van der Waals surface area contributed by atoms with Gasteiger partial charge >= 0.3 is 0 Å². The molecule has 2 aliphatic rings. The van der Waals surface area contributed by atoms with Crippen molar-refractivity contribution in [3.63, 3.8) is 0 Å². The van der Waals surface area contributed by atoms with Gasteiger partial charge in [-0.25, -0.2) is 23.1 Å². The average molecular weight is 725 g/mol. The number of rotatable bonds is 11. The highest BCUT2D eigenvalue weighted by Gasteiger charge is 2.50. The maximum absolute atomic E-state index is 13.6. The maximum atomic E-state index is 13.6. The number of carbonyl (C=O) groups excluding carboxylic acids is 2. The van der Waals surface area contributed by atoms with E-state index in [2.05, 4.69) is 42.6 Å². The van der Waals surface area contributed by atoms with Crippen LogP contribution in [0.15, 0.2) is 35.2 Å². The van der Waals surface area contributed by atoms with E-state index < -0.39 is 10.0 Å². The van der Waals surface area contributed by atoms with E-state index >= 15 is 0 Å². The van der Waals surface area contributed by atoms with Gasteiger partial charge in [0.15, 0.2) is 5.13 Å². The molecule has 0 radical (unpaired) electrons. The van der Waals surface area contributed by atoms with Gasteiger partial charge < -0.3 is 15.0 Å². The molecule has 5 rings (SSSR count). The van der Waals surface area contributed by atoms with Gasteiger partial charge in [0, 0.05) is 29.7 Å². The summed E-state index contributed by atoms with van der Waals surface area (Å²) in [6, 6.07) is 8.76. The Labute approximate surface area is 263 Å². The quantitative estimate of drug-likeness (QED) is 0.219. The van der Waals surface area contributed by atoms with Crippen molar-refractivity contribution in [1.29, 1.82) is 0 Å². The van der Waals surface area contributed by atoms with E-state index in [0.29, 0.717) is 46.7 Å². The lowest BCUT2D eigenvalue weighted by Crippen LogP contribution is -2.40. The average Bonchev–Trinajstić information content (AvgIpc) is 3.50. The van der Waals surface area contributed by atoms with E-state index in [9.17, 15) is 18.0 Å². The summed E-state index contributed by atoms with van der Waals surface area (Å²) in [4.78, 5) is 39.1. The smallest absolute Gasteiger partial charge is 0.256 e. The van der Waals surface area contributed by atoms with Crippen LogP contribution in [0.25, 0.3) is 10.4 Å². The molecular formula is C28H33IN6O5S2. The van der Waals surface area contributed by atoms with Gasteiger partial charge in [0.1, 0.15) is 18.2 Å². The van der Waals surface area contributed by atoms with Crippen LogP contribution in [0.1, 0.15) is 48.3 Å². The number of carbonyl (C=O) groups is 2. The minimum atomic E-state index is -3.92. The summed E-state index contributed by atoms with van der Waals surface area (Å²) >= 11 is 3.78. The van der Waals surface area contributed by atoms with Crippen LogP contribution in [0.2, 0.25) is 0 Å². The Morgan fingerprint density at radius 2 is 2.02 bits per heavy atom. The zero-order valence-electron chi connectivity index (χ0n) is 24.0. The van der Waals surface area contributed by atoms with Gasteiger partial charge in [0.25, 0.3) is 11.8 Å². The lowest BCUT2D eigenvalue weighted by molar-refractivity contribution is -0.122. The molecule has 1 aliphatic heterocycles. The first-order valence-corrected chi connectivity index (χ1v) is 16.9. The van der Waals surface area contributed by atoms with E-state index in [-0.39, 0.29) is 38.3 Å². The fourth-order valence-corrected chi connectivity index (χ4v) is 7.50. The molecule has 0 saturated heterocycles. The zero-order valence-corrected chi connectivity index (χ0v) is 27.8. The van der Waals surface area contributed by atoms with Gasteiger partial charge in [0.2, 0.25) is 10.0 Å². The standard InChI is InChI=1S/C28H33IN6O5S2/c1-6-40-15-23(36)34(5)22-9-7-8-21(32-22)33-27-31-16(2)25(41-27)18-12-19-14-35(17(3)28(29)10-11-28)26(37)24(19)20(13-18)42(38,39)30-4/h7-9,12-13,17,30H,6,10-11,14-15H2,1-5H3,(H,31,32,33)/t17-/m0/s1. The van der Waals surface area contributed by atoms with Gasteiger partial charge in [0.05, 0.1) is 21.0 Å². The Hall–Kier alpha value is -2.66. The number of pyridine rings is 1. The number of alkyl halides is 1. The first kappa shape index (κ1) is 30.8. The molecule has 1 atom stereocenters. The van der Waals surface area contributed by atoms with Gasteiger partial charge in [-0.05, 0) is 76.1 Å². The Morgan fingerprint density at radius 1 is 1.29 bits per heavy atom. The van der Waals surface area contributed by atoms with Crippen LogP contribution in [0.4, 0.5) is 16.8 Å². The highest BCUT2D eigenvalue weighted by Crippen LogP contribution is 2.51. The second-order valence-corrected chi connectivity index (χ2v) is 15.4. The molecule has 2 aromatic heterocycles. The minimum Gasteiger partial charge on any atom is -0.372 e. The number of anilines is 3. The van der Waals surface area contributed by atoms with Crippen LogP contribution in [0.3, 0.4) is 0 Å². The highest BCUT2D eigenvalue weighted by atomic mass is 127. The largest absolute Gasteiger partial charge is 0.372 e. The summed E-state index contributed by atoms with van der Waals surface area (Å²) in [5.41, 5.74) is 2.31. The van der Waals surface area contributed by atoms with E-state index in [4.69, 9.17) is 4.74 Å². The summed E-state index contributed by atoms with van der Waals surface area (Å²) < 4.78 is 33.9. The summed E-state index contributed by atoms with van der Waals surface area (Å²) in [6.45, 7) is 6.49. The summed E-state index contributed by atoms with van der Waals surface area (Å²) in [5, 5.41) is 3.76. The molecule has 11 nitrogen and oxygen atoms in total. The number of sulfonamides is 1. The number of nitrogens with one attached hydrogen (secondary N) is 2. The van der Waals surface area contributed by atoms with Crippen LogP contribution < -0.4 is 14.9 Å². The van der Waals surface area contributed by atoms with Crippen molar-refractivity contribution in [2.24, 2.45) is 0 Å². The third-order valence-electron chi connectivity index (χ3n) is 7.68. The SMILES string of the molecule is CCOCC(=O)N(C)c1cccc(Nc2nc(C)c(-c3cc4c(c(S(=O)(=O)NC)c3)C(=O)N([C@@H](C)C3(I)CC3)C4)s2)n1. The highest BCUT2D eigenvalue weighted by molar-refractivity contribution is 14.1. The Balaban J connectivity index is 1.46. The molecule has 1 aromatic carbocycles. The van der Waals surface area contributed by atoms with Gasteiger partial charge in [-0.15, -0.1) is 0 Å². The van der Waals surface area contributed by atoms with E-state index in [1.165, 1.54) is 23.3 Å². The number of aryl methyl sites for hydroxylation is 1. The number of hydrogen-bond acceptors (Lipinski definition) is 9.